The molecule has 2 aromatic heterocycles. The van der Waals surface area contributed by atoms with E-state index < -0.39 is 21.7 Å². The number of pyridine rings is 1. The molecule has 31 heavy (non-hydrogen) atoms. The smallest absolute Gasteiger partial charge is 0.298 e. The van der Waals surface area contributed by atoms with Gasteiger partial charge in [-0.3, -0.25) is 9.59 Å². The molecule has 1 amide bonds. The topological polar surface area (TPSA) is 111 Å². The number of benzene rings is 2. The number of carbonyl (C=O) groups excluding carboxylic acids is 2. The molecule has 4 rings (SSSR count). The maximum Gasteiger partial charge on any atom is 0.298 e. The van der Waals surface area contributed by atoms with E-state index in [0.717, 1.165) is 16.6 Å². The second kappa shape index (κ2) is 7.82. The number of hydrogen-bond acceptors (Lipinski definition) is 4. The van der Waals surface area contributed by atoms with Crippen molar-refractivity contribution in [2.24, 2.45) is 5.14 Å². The first-order valence-electron chi connectivity index (χ1n) is 9.40. The molecule has 0 aliphatic rings. The van der Waals surface area contributed by atoms with Gasteiger partial charge in [0, 0.05) is 23.0 Å². The number of nitrogens with two attached hydrogens (primary N) is 1. The number of amides is 1. The van der Waals surface area contributed by atoms with Crippen LogP contribution in [0.1, 0.15) is 16.1 Å². The summed E-state index contributed by atoms with van der Waals surface area (Å²) >= 11 is 0. The van der Waals surface area contributed by atoms with Gasteiger partial charge in [-0.15, -0.1) is 0 Å². The van der Waals surface area contributed by atoms with Gasteiger partial charge in [0.1, 0.15) is 5.69 Å². The van der Waals surface area contributed by atoms with E-state index in [0.29, 0.717) is 5.56 Å². The maximum atomic E-state index is 13.2. The third-order valence-electron chi connectivity index (χ3n) is 4.90. The summed E-state index contributed by atoms with van der Waals surface area (Å²) in [4.78, 5) is 25.8. The second-order valence-electron chi connectivity index (χ2n) is 7.12. The van der Waals surface area contributed by atoms with Gasteiger partial charge in [-0.1, -0.05) is 35.9 Å². The summed E-state index contributed by atoms with van der Waals surface area (Å²) in [6.07, 6.45) is 1.73. The van der Waals surface area contributed by atoms with Crippen LogP contribution in [-0.4, -0.2) is 24.5 Å². The van der Waals surface area contributed by atoms with Crippen LogP contribution >= 0.6 is 0 Å². The molecule has 156 valence electrons. The highest BCUT2D eigenvalue weighted by atomic mass is 32.2. The van der Waals surface area contributed by atoms with E-state index in [4.69, 9.17) is 5.14 Å². The lowest BCUT2D eigenvalue weighted by atomic mass is 10.0. The summed E-state index contributed by atoms with van der Waals surface area (Å²) < 4.78 is 24.4. The van der Waals surface area contributed by atoms with Gasteiger partial charge in [-0.2, -0.15) is 0 Å². The molecule has 2 aromatic carbocycles. The summed E-state index contributed by atoms with van der Waals surface area (Å²) in [7, 11) is -3.85. The van der Waals surface area contributed by atoms with Crippen LogP contribution in [0.3, 0.4) is 0 Å². The van der Waals surface area contributed by atoms with Crippen molar-refractivity contribution in [3.63, 3.8) is 0 Å². The average Bonchev–Trinajstić information content (AvgIpc) is 3.13. The Hall–Kier alpha value is -3.75. The van der Waals surface area contributed by atoms with Crippen LogP contribution in [0, 0.1) is 6.92 Å². The lowest BCUT2D eigenvalue weighted by Gasteiger charge is -2.08. The molecule has 4 aromatic rings. The van der Waals surface area contributed by atoms with Crippen LogP contribution in [0.15, 0.2) is 83.9 Å². The number of rotatable bonds is 5. The number of hydrogen-bond donors (Lipinski definition) is 2. The highest BCUT2D eigenvalue weighted by Crippen LogP contribution is 2.29. The van der Waals surface area contributed by atoms with E-state index in [1.54, 1.807) is 16.7 Å². The van der Waals surface area contributed by atoms with Crippen molar-refractivity contribution in [2.75, 3.05) is 5.32 Å². The first-order valence-corrected chi connectivity index (χ1v) is 10.9. The minimum absolute atomic E-state index is 0.0870. The SMILES string of the molecule is Cc1ccc(-c2cc3ccccn3c2C(=O)C(=O)Nc2ccc(S(N)(=O)=O)cc2)cc1. The summed E-state index contributed by atoms with van der Waals surface area (Å²) in [6, 6.07) is 20.4. The fourth-order valence-electron chi connectivity index (χ4n) is 3.33. The standard InChI is InChI=1S/C23H19N3O4S/c1-15-5-7-16(8-6-15)20-14-18-4-2-3-13-26(18)21(20)22(27)23(28)25-17-9-11-19(12-10-17)31(24,29)30/h2-14H,1H3,(H,25,28)(H2,24,29,30). The van der Waals surface area contributed by atoms with Crippen LogP contribution in [0.4, 0.5) is 5.69 Å². The van der Waals surface area contributed by atoms with Crippen molar-refractivity contribution in [3.05, 3.63) is 90.3 Å². The van der Waals surface area contributed by atoms with Crippen molar-refractivity contribution >= 4 is 32.9 Å². The van der Waals surface area contributed by atoms with Gasteiger partial charge >= 0.3 is 0 Å². The summed E-state index contributed by atoms with van der Waals surface area (Å²) in [5, 5.41) is 7.61. The highest BCUT2D eigenvalue weighted by molar-refractivity contribution is 7.89. The second-order valence-corrected chi connectivity index (χ2v) is 8.68. The molecule has 0 fully saturated rings. The van der Waals surface area contributed by atoms with Gasteiger partial charge in [0.15, 0.2) is 0 Å². The monoisotopic (exact) mass is 433 g/mol. The molecule has 0 unspecified atom stereocenters. The van der Waals surface area contributed by atoms with E-state index in [1.165, 1.54) is 24.3 Å². The van der Waals surface area contributed by atoms with Crippen molar-refractivity contribution in [3.8, 4) is 11.1 Å². The minimum atomic E-state index is -3.85. The molecule has 7 nitrogen and oxygen atoms in total. The Labute approximate surface area is 179 Å². The summed E-state index contributed by atoms with van der Waals surface area (Å²) in [6.45, 7) is 1.97. The zero-order valence-corrected chi connectivity index (χ0v) is 17.4. The Morgan fingerprint density at radius 3 is 2.26 bits per heavy atom. The molecule has 0 spiro atoms. The number of anilines is 1. The van der Waals surface area contributed by atoms with Gasteiger partial charge in [0.25, 0.3) is 11.7 Å². The fraction of sp³-hybridized carbons (Fsp3) is 0.0435. The normalized spacial score (nSPS) is 11.4. The van der Waals surface area contributed by atoms with Gasteiger partial charge < -0.3 is 9.72 Å². The Bertz CT molecular complexity index is 1400. The number of sulfonamides is 1. The Morgan fingerprint density at radius 1 is 0.935 bits per heavy atom. The zero-order valence-electron chi connectivity index (χ0n) is 16.6. The molecule has 3 N–H and O–H groups in total. The molecule has 0 atom stereocenters. The molecule has 0 saturated carbocycles. The van der Waals surface area contributed by atoms with Gasteiger partial charge in [0.2, 0.25) is 10.0 Å². The third kappa shape index (κ3) is 4.11. The lowest BCUT2D eigenvalue weighted by molar-refractivity contribution is -0.112. The number of nitrogens with zero attached hydrogens (tertiary/aromatic N) is 1. The maximum absolute atomic E-state index is 13.2. The number of aromatic nitrogens is 1. The molecule has 2 heterocycles. The van der Waals surface area contributed by atoms with Gasteiger partial charge in [-0.05, 0) is 55.0 Å². The average molecular weight is 433 g/mol. The molecule has 8 heteroatoms. The quantitative estimate of drug-likeness (QED) is 0.371. The van der Waals surface area contributed by atoms with Crippen molar-refractivity contribution in [1.29, 1.82) is 0 Å². The Morgan fingerprint density at radius 2 is 1.61 bits per heavy atom. The van der Waals surface area contributed by atoms with E-state index >= 15 is 0 Å². The molecule has 0 aliphatic carbocycles. The number of primary sulfonamides is 1. The Balaban J connectivity index is 1.70. The Kier molecular flexibility index (Phi) is 5.18. The van der Waals surface area contributed by atoms with Gasteiger partial charge in [0.05, 0.1) is 4.90 Å². The van der Waals surface area contributed by atoms with E-state index in [-0.39, 0.29) is 16.3 Å². The number of carbonyl (C=O) groups is 2. The van der Waals surface area contributed by atoms with Crippen LogP contribution in [0.2, 0.25) is 0 Å². The number of ketones is 1. The number of Topliss-reactive ketones (excluding diaryl/α,β-unsaturated/α-hetero) is 1. The van der Waals surface area contributed by atoms with Crippen molar-refractivity contribution in [2.45, 2.75) is 11.8 Å². The largest absolute Gasteiger partial charge is 0.319 e. The predicted octanol–water partition coefficient (Wildman–Crippen LogP) is 3.38. The molecule has 0 radical (unpaired) electrons. The van der Waals surface area contributed by atoms with E-state index in [9.17, 15) is 18.0 Å². The molecule has 0 bridgehead atoms. The third-order valence-corrected chi connectivity index (χ3v) is 5.83. The van der Waals surface area contributed by atoms with E-state index in [2.05, 4.69) is 5.32 Å². The first kappa shape index (κ1) is 20.5. The van der Waals surface area contributed by atoms with Crippen LogP contribution in [-0.2, 0) is 14.8 Å². The van der Waals surface area contributed by atoms with Crippen LogP contribution in [0.25, 0.3) is 16.6 Å². The number of aryl methyl sites for hydroxylation is 1. The van der Waals surface area contributed by atoms with Gasteiger partial charge in [-0.25, -0.2) is 13.6 Å². The first-order chi connectivity index (χ1) is 14.7. The highest BCUT2D eigenvalue weighted by Gasteiger charge is 2.25. The predicted molar refractivity (Wildman–Crippen MR) is 118 cm³/mol. The lowest BCUT2D eigenvalue weighted by Crippen LogP contribution is -2.24. The van der Waals surface area contributed by atoms with Crippen molar-refractivity contribution < 1.29 is 18.0 Å². The summed E-state index contributed by atoms with van der Waals surface area (Å²) in [5.41, 5.74) is 3.87. The van der Waals surface area contributed by atoms with Crippen LogP contribution in [0.5, 0.6) is 0 Å². The zero-order chi connectivity index (χ0) is 22.2. The molecule has 0 saturated heterocycles. The van der Waals surface area contributed by atoms with Crippen molar-refractivity contribution in [1.82, 2.24) is 4.40 Å². The van der Waals surface area contributed by atoms with E-state index in [1.807, 2.05) is 49.4 Å². The summed E-state index contributed by atoms with van der Waals surface area (Å²) in [5.74, 6) is -1.54. The van der Waals surface area contributed by atoms with Crippen LogP contribution < -0.4 is 10.5 Å². The number of nitrogens with one attached hydrogen (secondary N) is 1. The number of fused-ring (bicyclic) bond motifs is 1. The molecule has 0 aliphatic heterocycles. The molecular formula is C23H19N3O4S. The minimum Gasteiger partial charge on any atom is -0.319 e. The fourth-order valence-corrected chi connectivity index (χ4v) is 3.85. The molecular weight excluding hydrogens is 414 g/mol.